The summed E-state index contributed by atoms with van der Waals surface area (Å²) in [6.45, 7) is 5.59. The zero-order valence-corrected chi connectivity index (χ0v) is 20.3. The Kier molecular flexibility index (Phi) is 6.27. The summed E-state index contributed by atoms with van der Waals surface area (Å²) >= 11 is 3.20. The summed E-state index contributed by atoms with van der Waals surface area (Å²) in [6.07, 6.45) is 8.77. The van der Waals surface area contributed by atoms with Crippen molar-refractivity contribution >= 4 is 39.7 Å². The van der Waals surface area contributed by atoms with E-state index < -0.39 is 5.97 Å². The molecule has 174 valence electrons. The van der Waals surface area contributed by atoms with Gasteiger partial charge in [-0.05, 0) is 61.9 Å². The number of anilines is 1. The number of hydrogen-bond acceptors (Lipinski definition) is 5. The van der Waals surface area contributed by atoms with Crippen molar-refractivity contribution in [2.45, 2.75) is 52.1 Å². The molecule has 2 aliphatic rings. The number of carboxylic acid groups (broad SMARTS) is 1. The first-order valence-corrected chi connectivity index (χ1v) is 13.1. The Morgan fingerprint density at radius 2 is 1.85 bits per heavy atom. The molecule has 0 saturated heterocycles. The van der Waals surface area contributed by atoms with Gasteiger partial charge in [-0.25, -0.2) is 9.59 Å². The molecule has 0 aromatic carbocycles. The number of carbonyl (C=O) groups is 2. The summed E-state index contributed by atoms with van der Waals surface area (Å²) < 4.78 is 2.12. The van der Waals surface area contributed by atoms with Gasteiger partial charge in [-0.3, -0.25) is 10.2 Å². The van der Waals surface area contributed by atoms with Gasteiger partial charge in [-0.2, -0.15) is 0 Å². The minimum absolute atomic E-state index is 0.269. The molecule has 0 atom stereocenters. The molecule has 0 bridgehead atoms. The molecule has 33 heavy (non-hydrogen) atoms. The Bertz CT molecular complexity index is 1180. The highest BCUT2D eigenvalue weighted by molar-refractivity contribution is 7.17. The van der Waals surface area contributed by atoms with Gasteiger partial charge in [0.1, 0.15) is 10.0 Å². The van der Waals surface area contributed by atoms with Crippen LogP contribution in [-0.4, -0.2) is 39.7 Å². The van der Waals surface area contributed by atoms with Crippen LogP contribution < -0.4 is 10.6 Å². The number of fused-ring (bicyclic) bond motifs is 2. The SMILES string of the molecule is CCN1CCc2c(sc(-n3cccc3)c2CNC(=O)Nc2sc3c(c2C(=O)O)CCCC3)C1. The number of likely N-dealkylation sites (N-methyl/N-ethyl adjacent to an activating group) is 1. The molecule has 0 saturated carbocycles. The maximum Gasteiger partial charge on any atom is 0.339 e. The lowest BCUT2D eigenvalue weighted by Gasteiger charge is -2.25. The van der Waals surface area contributed by atoms with Crippen LogP contribution >= 0.6 is 22.7 Å². The van der Waals surface area contributed by atoms with Gasteiger partial charge < -0.3 is 15.0 Å². The first-order valence-electron chi connectivity index (χ1n) is 11.5. The van der Waals surface area contributed by atoms with Gasteiger partial charge in [0, 0.05) is 47.3 Å². The van der Waals surface area contributed by atoms with Crippen molar-refractivity contribution in [1.82, 2.24) is 14.8 Å². The van der Waals surface area contributed by atoms with Crippen LogP contribution in [0.15, 0.2) is 24.5 Å². The summed E-state index contributed by atoms with van der Waals surface area (Å²) in [6, 6.07) is 3.65. The molecule has 0 spiro atoms. The van der Waals surface area contributed by atoms with E-state index >= 15 is 0 Å². The average Bonchev–Trinajstić information content (AvgIpc) is 3.53. The number of aromatic nitrogens is 1. The Morgan fingerprint density at radius 1 is 1.06 bits per heavy atom. The third-order valence-electron chi connectivity index (χ3n) is 6.55. The third-order valence-corrected chi connectivity index (χ3v) is 9.03. The molecule has 3 aromatic heterocycles. The Hall–Kier alpha value is -2.62. The van der Waals surface area contributed by atoms with Crippen LogP contribution in [0, 0.1) is 0 Å². The molecule has 0 fully saturated rings. The van der Waals surface area contributed by atoms with Crippen LogP contribution in [0.3, 0.4) is 0 Å². The molecule has 0 radical (unpaired) electrons. The average molecular weight is 485 g/mol. The molecule has 0 unspecified atom stereocenters. The fourth-order valence-corrected chi connectivity index (χ4v) is 7.49. The molecule has 3 aromatic rings. The Morgan fingerprint density at radius 3 is 2.61 bits per heavy atom. The number of rotatable bonds is 6. The maximum atomic E-state index is 12.8. The van der Waals surface area contributed by atoms with Gasteiger partial charge in [0.15, 0.2) is 0 Å². The van der Waals surface area contributed by atoms with Crippen LogP contribution in [0.2, 0.25) is 0 Å². The van der Waals surface area contributed by atoms with E-state index in [0.29, 0.717) is 11.5 Å². The van der Waals surface area contributed by atoms with Crippen molar-refractivity contribution in [3.05, 3.63) is 56.5 Å². The lowest BCUT2D eigenvalue weighted by atomic mass is 9.95. The van der Waals surface area contributed by atoms with Crippen LogP contribution in [0.1, 0.15) is 56.6 Å². The molecule has 1 aliphatic carbocycles. The van der Waals surface area contributed by atoms with Gasteiger partial charge in [0.05, 0.1) is 5.56 Å². The second-order valence-electron chi connectivity index (χ2n) is 8.52. The highest BCUT2D eigenvalue weighted by atomic mass is 32.1. The van der Waals surface area contributed by atoms with Crippen molar-refractivity contribution in [2.75, 3.05) is 18.4 Å². The van der Waals surface area contributed by atoms with Gasteiger partial charge >= 0.3 is 12.0 Å². The Balaban J connectivity index is 1.36. The van der Waals surface area contributed by atoms with E-state index in [0.717, 1.165) is 72.7 Å². The van der Waals surface area contributed by atoms with Crippen molar-refractivity contribution < 1.29 is 14.7 Å². The molecular weight excluding hydrogens is 456 g/mol. The fraction of sp³-hybridized carbons (Fsp3) is 0.417. The molecular formula is C24H28N4O3S2. The predicted molar refractivity (Wildman–Crippen MR) is 132 cm³/mol. The number of urea groups is 1. The fourth-order valence-electron chi connectivity index (χ4n) is 4.83. The lowest BCUT2D eigenvalue weighted by molar-refractivity contribution is 0.0697. The maximum absolute atomic E-state index is 12.8. The number of amides is 2. The minimum atomic E-state index is -0.966. The van der Waals surface area contributed by atoms with Crippen molar-refractivity contribution in [3.63, 3.8) is 0 Å². The molecule has 3 N–H and O–H groups in total. The van der Waals surface area contributed by atoms with Gasteiger partial charge in [0.2, 0.25) is 0 Å². The molecule has 9 heteroatoms. The van der Waals surface area contributed by atoms with E-state index in [1.807, 2.05) is 24.5 Å². The topological polar surface area (TPSA) is 86.6 Å². The number of nitrogens with zero attached hydrogens (tertiary/aromatic N) is 2. The van der Waals surface area contributed by atoms with Crippen LogP contribution in [0.25, 0.3) is 5.00 Å². The van der Waals surface area contributed by atoms with E-state index in [4.69, 9.17) is 0 Å². The second-order valence-corrected chi connectivity index (χ2v) is 10.7. The smallest absolute Gasteiger partial charge is 0.339 e. The normalized spacial score (nSPS) is 15.7. The number of thiophene rings is 2. The second kappa shape index (κ2) is 9.32. The monoisotopic (exact) mass is 484 g/mol. The number of aryl methyl sites for hydroxylation is 1. The Labute approximate surface area is 201 Å². The zero-order valence-electron chi connectivity index (χ0n) is 18.6. The number of carboxylic acids is 1. The summed E-state index contributed by atoms with van der Waals surface area (Å²) in [7, 11) is 0. The summed E-state index contributed by atoms with van der Waals surface area (Å²) in [5.74, 6) is -0.966. The third kappa shape index (κ3) is 4.32. The zero-order chi connectivity index (χ0) is 22.9. The van der Waals surface area contributed by atoms with Gasteiger partial charge in [-0.1, -0.05) is 6.92 Å². The van der Waals surface area contributed by atoms with Gasteiger partial charge in [-0.15, -0.1) is 22.7 Å². The highest BCUT2D eigenvalue weighted by Gasteiger charge is 2.27. The van der Waals surface area contributed by atoms with E-state index in [2.05, 4.69) is 27.0 Å². The van der Waals surface area contributed by atoms with Crippen LogP contribution in [0.4, 0.5) is 9.80 Å². The summed E-state index contributed by atoms with van der Waals surface area (Å²) in [5, 5.41) is 17.2. The van der Waals surface area contributed by atoms with Crippen LogP contribution in [0.5, 0.6) is 0 Å². The molecule has 5 rings (SSSR count). The van der Waals surface area contributed by atoms with E-state index in [-0.39, 0.29) is 11.6 Å². The summed E-state index contributed by atoms with van der Waals surface area (Å²) in [4.78, 5) is 29.6. The lowest BCUT2D eigenvalue weighted by Crippen LogP contribution is -2.31. The number of aromatic carboxylic acids is 1. The van der Waals surface area contributed by atoms with E-state index in [9.17, 15) is 14.7 Å². The molecule has 7 nitrogen and oxygen atoms in total. The van der Waals surface area contributed by atoms with E-state index in [1.54, 1.807) is 11.3 Å². The first-order chi connectivity index (χ1) is 16.0. The molecule has 1 aliphatic heterocycles. The standard InChI is InChI=1S/C24H28N4O3S2/c1-2-27-12-9-15-17(22(33-19(15)14-27)28-10-5-6-11-28)13-25-24(31)26-21-20(23(29)30)16-7-3-4-8-18(16)32-21/h5-6,10-11H,2-4,7-9,12-14H2,1H3,(H,29,30)(H2,25,26,31). The van der Waals surface area contributed by atoms with Crippen LogP contribution in [-0.2, 0) is 32.4 Å². The van der Waals surface area contributed by atoms with Crippen molar-refractivity contribution in [3.8, 4) is 5.00 Å². The number of carbonyl (C=O) groups excluding carboxylic acids is 1. The number of nitrogens with one attached hydrogen (secondary N) is 2. The molecule has 4 heterocycles. The number of hydrogen-bond donors (Lipinski definition) is 3. The predicted octanol–water partition coefficient (Wildman–Crippen LogP) is 4.88. The first kappa shape index (κ1) is 22.2. The summed E-state index contributed by atoms with van der Waals surface area (Å²) in [5.41, 5.74) is 3.66. The van der Waals surface area contributed by atoms with Crippen molar-refractivity contribution in [2.24, 2.45) is 0 Å². The van der Waals surface area contributed by atoms with E-state index in [1.165, 1.54) is 21.8 Å². The van der Waals surface area contributed by atoms with Gasteiger partial charge in [0.25, 0.3) is 0 Å². The molecule has 2 amide bonds. The quantitative estimate of drug-likeness (QED) is 0.466. The van der Waals surface area contributed by atoms with Crippen molar-refractivity contribution in [1.29, 1.82) is 0 Å². The minimum Gasteiger partial charge on any atom is -0.478 e. The largest absolute Gasteiger partial charge is 0.478 e. The highest BCUT2D eigenvalue weighted by Crippen LogP contribution is 2.38.